The van der Waals surface area contributed by atoms with Crippen molar-refractivity contribution in [2.75, 3.05) is 13.1 Å². The highest BCUT2D eigenvalue weighted by atomic mass is 19.1. The van der Waals surface area contributed by atoms with Crippen molar-refractivity contribution in [3.05, 3.63) is 29.3 Å². The summed E-state index contributed by atoms with van der Waals surface area (Å²) in [6.07, 6.45) is -1.57. The van der Waals surface area contributed by atoms with Crippen molar-refractivity contribution in [2.24, 2.45) is 5.41 Å². The number of ether oxygens (including phenoxy) is 2. The predicted octanol–water partition coefficient (Wildman–Crippen LogP) is 3.32. The van der Waals surface area contributed by atoms with E-state index >= 15 is 0 Å². The Morgan fingerprint density at radius 2 is 1.86 bits per heavy atom. The first-order valence-corrected chi connectivity index (χ1v) is 9.68. The number of piperidine rings is 1. The van der Waals surface area contributed by atoms with Crippen molar-refractivity contribution in [1.29, 1.82) is 0 Å². The molecular formula is C21H31FN2O5. The van der Waals surface area contributed by atoms with Gasteiger partial charge in [-0.15, -0.1) is 0 Å². The number of aromatic nitrogens is 1. The lowest BCUT2D eigenvalue weighted by Crippen LogP contribution is -2.58. The van der Waals surface area contributed by atoms with Gasteiger partial charge >= 0.3 is 12.1 Å². The normalized spacial score (nSPS) is 22.9. The Morgan fingerprint density at radius 1 is 1.24 bits per heavy atom. The first-order chi connectivity index (χ1) is 13.1. The van der Waals surface area contributed by atoms with E-state index in [2.05, 4.69) is 4.98 Å². The van der Waals surface area contributed by atoms with E-state index in [4.69, 9.17) is 9.47 Å². The number of esters is 1. The number of rotatable bonds is 2. The van der Waals surface area contributed by atoms with Gasteiger partial charge in [-0.25, -0.2) is 9.18 Å². The molecule has 0 bridgehead atoms. The number of carbonyl (C=O) groups excluding carboxylic acids is 2. The molecule has 0 aromatic carbocycles. The van der Waals surface area contributed by atoms with Gasteiger partial charge in [-0.05, 0) is 60.6 Å². The number of hydrogen-bond acceptors (Lipinski definition) is 6. The average molecular weight is 410 g/mol. The van der Waals surface area contributed by atoms with Crippen LogP contribution in [-0.4, -0.2) is 51.8 Å². The van der Waals surface area contributed by atoms with E-state index in [1.54, 1.807) is 41.5 Å². The number of hydrogen-bond donors (Lipinski definition) is 1. The molecule has 0 aliphatic carbocycles. The molecular weight excluding hydrogens is 379 g/mol. The third-order valence-corrected chi connectivity index (χ3v) is 4.66. The Bertz CT molecular complexity index is 784. The zero-order valence-corrected chi connectivity index (χ0v) is 18.2. The number of pyridine rings is 1. The summed E-state index contributed by atoms with van der Waals surface area (Å²) in [6.45, 7) is 12.0. The van der Waals surface area contributed by atoms with Crippen LogP contribution < -0.4 is 0 Å². The molecule has 1 fully saturated rings. The quantitative estimate of drug-likeness (QED) is 0.753. The zero-order chi connectivity index (χ0) is 22.2. The Morgan fingerprint density at radius 3 is 2.38 bits per heavy atom. The summed E-state index contributed by atoms with van der Waals surface area (Å²) in [5.74, 6) is -1.02. The maximum atomic E-state index is 13.7. The number of likely N-dealkylation sites (tertiary alicyclic amines) is 1. The van der Waals surface area contributed by atoms with E-state index in [1.165, 1.54) is 24.0 Å². The van der Waals surface area contributed by atoms with E-state index in [0.29, 0.717) is 0 Å². The van der Waals surface area contributed by atoms with Crippen molar-refractivity contribution in [1.82, 2.24) is 9.88 Å². The smallest absolute Gasteiger partial charge is 0.410 e. The molecule has 8 heteroatoms. The highest BCUT2D eigenvalue weighted by molar-refractivity contribution is 5.76. The molecule has 29 heavy (non-hydrogen) atoms. The molecule has 2 rings (SSSR count). The number of amides is 1. The van der Waals surface area contributed by atoms with Gasteiger partial charge in [-0.2, -0.15) is 0 Å². The van der Waals surface area contributed by atoms with Crippen LogP contribution in [-0.2, 0) is 19.9 Å². The van der Waals surface area contributed by atoms with Crippen LogP contribution in [0.3, 0.4) is 0 Å². The minimum absolute atomic E-state index is 0.0619. The van der Waals surface area contributed by atoms with Gasteiger partial charge in [0.15, 0.2) is 6.10 Å². The molecule has 0 radical (unpaired) electrons. The fourth-order valence-electron chi connectivity index (χ4n) is 2.92. The van der Waals surface area contributed by atoms with Crippen molar-refractivity contribution >= 4 is 12.1 Å². The van der Waals surface area contributed by atoms with E-state index in [1.807, 2.05) is 0 Å². The van der Waals surface area contributed by atoms with E-state index in [0.717, 1.165) is 0 Å². The fourth-order valence-corrected chi connectivity index (χ4v) is 2.92. The summed E-state index contributed by atoms with van der Waals surface area (Å²) >= 11 is 0. The molecule has 1 aliphatic rings. The Balaban J connectivity index is 2.36. The van der Waals surface area contributed by atoms with Crippen LogP contribution in [0.1, 0.15) is 59.4 Å². The van der Waals surface area contributed by atoms with Gasteiger partial charge in [-0.3, -0.25) is 9.78 Å². The summed E-state index contributed by atoms with van der Waals surface area (Å²) < 4.78 is 24.7. The third kappa shape index (κ3) is 5.44. The highest BCUT2D eigenvalue weighted by Gasteiger charge is 2.49. The summed E-state index contributed by atoms with van der Waals surface area (Å²) in [7, 11) is 0. The molecule has 1 saturated heterocycles. The van der Waals surface area contributed by atoms with E-state index in [-0.39, 0.29) is 30.9 Å². The lowest BCUT2D eigenvalue weighted by molar-refractivity contribution is -0.186. The first kappa shape index (κ1) is 23.1. The van der Waals surface area contributed by atoms with Gasteiger partial charge < -0.3 is 19.5 Å². The number of halogens is 1. The summed E-state index contributed by atoms with van der Waals surface area (Å²) in [4.78, 5) is 30.6. The lowest BCUT2D eigenvalue weighted by atomic mass is 9.84. The molecule has 1 amide bonds. The monoisotopic (exact) mass is 410 g/mol. The van der Waals surface area contributed by atoms with Crippen molar-refractivity contribution in [3.8, 4) is 0 Å². The van der Waals surface area contributed by atoms with Gasteiger partial charge in [-0.1, -0.05) is 0 Å². The lowest BCUT2D eigenvalue weighted by Gasteiger charge is -2.44. The molecule has 7 nitrogen and oxygen atoms in total. The average Bonchev–Trinajstić information content (AvgIpc) is 2.56. The predicted molar refractivity (Wildman–Crippen MR) is 105 cm³/mol. The minimum Gasteiger partial charge on any atom is -0.457 e. The van der Waals surface area contributed by atoms with Gasteiger partial charge in [0.05, 0.1) is 23.3 Å². The second-order valence-corrected chi connectivity index (χ2v) is 9.51. The summed E-state index contributed by atoms with van der Waals surface area (Å²) in [5, 5.41) is 11.4. The maximum absolute atomic E-state index is 13.7. The van der Waals surface area contributed by atoms with Gasteiger partial charge in [0.25, 0.3) is 0 Å². The van der Waals surface area contributed by atoms with E-state index < -0.39 is 40.6 Å². The molecule has 2 atom stereocenters. The second-order valence-electron chi connectivity index (χ2n) is 9.51. The molecule has 1 aromatic rings. The Hall–Kier alpha value is -2.22. The number of aliphatic hydroxyl groups is 1. The molecule has 0 saturated carbocycles. The molecule has 0 spiro atoms. The highest BCUT2D eigenvalue weighted by Crippen LogP contribution is 2.36. The summed E-state index contributed by atoms with van der Waals surface area (Å²) in [5.41, 5.74) is -2.81. The number of carbonyl (C=O) groups is 2. The molecule has 1 aromatic heterocycles. The number of aryl methyl sites for hydroxylation is 1. The fraction of sp³-hybridized carbons (Fsp3) is 0.667. The van der Waals surface area contributed by atoms with Crippen LogP contribution in [0.15, 0.2) is 12.1 Å². The Kier molecular flexibility index (Phi) is 6.28. The van der Waals surface area contributed by atoms with E-state index in [9.17, 15) is 19.1 Å². The second kappa shape index (κ2) is 7.89. The van der Waals surface area contributed by atoms with Crippen LogP contribution in [0, 0.1) is 18.2 Å². The molecule has 1 N–H and O–H groups in total. The van der Waals surface area contributed by atoms with Crippen molar-refractivity contribution in [2.45, 2.75) is 72.2 Å². The van der Waals surface area contributed by atoms with Crippen LogP contribution in [0.25, 0.3) is 0 Å². The van der Waals surface area contributed by atoms with Crippen LogP contribution in [0.5, 0.6) is 0 Å². The summed E-state index contributed by atoms with van der Waals surface area (Å²) in [6, 6.07) is 2.60. The van der Waals surface area contributed by atoms with Crippen LogP contribution in [0.2, 0.25) is 0 Å². The van der Waals surface area contributed by atoms with Gasteiger partial charge in [0.2, 0.25) is 0 Å². The first-order valence-electron chi connectivity index (χ1n) is 9.68. The Labute approximate surface area is 171 Å². The molecule has 2 heterocycles. The molecule has 1 aliphatic heterocycles. The third-order valence-electron chi connectivity index (χ3n) is 4.66. The van der Waals surface area contributed by atoms with Gasteiger partial charge in [0.1, 0.15) is 17.0 Å². The molecule has 162 valence electrons. The van der Waals surface area contributed by atoms with Crippen molar-refractivity contribution in [3.63, 3.8) is 0 Å². The maximum Gasteiger partial charge on any atom is 0.410 e. The largest absolute Gasteiger partial charge is 0.457 e. The minimum atomic E-state index is -1.65. The molecule has 0 unspecified atom stereocenters. The topological polar surface area (TPSA) is 89.0 Å². The standard InChI is InChI=1S/C21H31FN2O5/c1-13-14(22)8-9-15(23-13)21(27)10-11-24(18(26)29-20(5,6)7)12-16(21)28-17(25)19(2,3)4/h8-9,16,27H,10-12H2,1-7H3/t16-,21-/m0/s1. The van der Waals surface area contributed by atoms with Crippen LogP contribution in [0.4, 0.5) is 9.18 Å². The van der Waals surface area contributed by atoms with Gasteiger partial charge in [0, 0.05) is 13.0 Å². The number of nitrogens with zero attached hydrogens (tertiary/aromatic N) is 2. The SMILES string of the molecule is Cc1nc([C@@]2(O)CCN(C(=O)OC(C)(C)C)C[C@@H]2OC(=O)C(C)(C)C)ccc1F. The van der Waals surface area contributed by atoms with Crippen molar-refractivity contribution < 1.29 is 28.6 Å². The van der Waals surface area contributed by atoms with Crippen LogP contribution >= 0.6 is 0 Å². The zero-order valence-electron chi connectivity index (χ0n) is 18.2.